The number of alkyl halides is 6. The number of halogens is 7. The summed E-state index contributed by atoms with van der Waals surface area (Å²) in [5.74, 6) is -2.51. The van der Waals surface area contributed by atoms with Crippen molar-refractivity contribution < 1.29 is 49.0 Å². The zero-order valence-electron chi connectivity index (χ0n) is 18.9. The lowest BCUT2D eigenvalue weighted by Crippen LogP contribution is -2.49. The summed E-state index contributed by atoms with van der Waals surface area (Å²) in [6.45, 7) is 0.512. The van der Waals surface area contributed by atoms with Gasteiger partial charge in [0.15, 0.2) is 21.7 Å². The van der Waals surface area contributed by atoms with Crippen LogP contribution in [0.1, 0.15) is 34.5 Å². The lowest BCUT2D eigenvalue weighted by atomic mass is 9.94. The van der Waals surface area contributed by atoms with Crippen molar-refractivity contribution in [3.05, 3.63) is 46.2 Å². The van der Waals surface area contributed by atoms with Crippen LogP contribution in [0.2, 0.25) is 5.02 Å². The Hall–Kier alpha value is -2.74. The van der Waals surface area contributed by atoms with Gasteiger partial charge in [-0.3, -0.25) is 9.78 Å². The van der Waals surface area contributed by atoms with E-state index in [2.05, 4.69) is 4.98 Å². The molecule has 2 aromatic rings. The summed E-state index contributed by atoms with van der Waals surface area (Å²) in [7, 11) is -2.91. The first kappa shape index (κ1) is 27.8. The van der Waals surface area contributed by atoms with E-state index in [0.29, 0.717) is 19.2 Å². The molecule has 0 bridgehead atoms. The third kappa shape index (κ3) is 5.64. The predicted octanol–water partition coefficient (Wildman–Crippen LogP) is 4.74. The van der Waals surface area contributed by atoms with Crippen molar-refractivity contribution in [2.45, 2.75) is 36.2 Å². The van der Waals surface area contributed by atoms with Gasteiger partial charge in [-0.25, -0.2) is 8.42 Å². The minimum Gasteiger partial charge on any atom is -0.494 e. The molecule has 3 rings (SSSR count). The van der Waals surface area contributed by atoms with E-state index in [1.165, 1.54) is 0 Å². The summed E-state index contributed by atoms with van der Waals surface area (Å²) in [5.41, 5.74) is -1.49. The van der Waals surface area contributed by atoms with Gasteiger partial charge in [0.05, 0.1) is 23.4 Å². The van der Waals surface area contributed by atoms with Crippen LogP contribution in [0.5, 0.6) is 11.5 Å². The summed E-state index contributed by atoms with van der Waals surface area (Å²) in [6, 6.07) is 2.60. The van der Waals surface area contributed by atoms with E-state index in [0.717, 1.165) is 30.4 Å². The molecule has 1 amide bonds. The largest absolute Gasteiger partial charge is 0.494 e. The second-order valence-electron chi connectivity index (χ2n) is 8.04. The molecule has 0 aliphatic carbocycles. The number of sulfone groups is 1. The first-order valence-corrected chi connectivity index (χ1v) is 12.4. The second-order valence-corrected chi connectivity index (χ2v) is 10.4. The predicted molar refractivity (Wildman–Crippen MR) is 115 cm³/mol. The van der Waals surface area contributed by atoms with Crippen LogP contribution in [0.25, 0.3) is 0 Å². The highest BCUT2D eigenvalue weighted by atomic mass is 35.5. The Kier molecular flexibility index (Phi) is 7.44. The molecule has 7 nitrogen and oxygen atoms in total. The average molecular weight is 561 g/mol. The molecule has 0 unspecified atom stereocenters. The third-order valence-corrected chi connectivity index (χ3v) is 6.84. The number of carbonyl (C=O) groups is 1. The van der Waals surface area contributed by atoms with Crippen molar-refractivity contribution in [1.82, 2.24) is 9.88 Å². The first-order chi connectivity index (χ1) is 16.4. The van der Waals surface area contributed by atoms with Crippen LogP contribution in [0.15, 0.2) is 29.3 Å². The molecular formula is C21H19ClF6N2O5S. The number of benzene rings is 1. The van der Waals surface area contributed by atoms with Crippen LogP contribution in [0, 0.1) is 0 Å². The summed E-state index contributed by atoms with van der Waals surface area (Å²) < 4.78 is 112. The fraction of sp³-hybridized carbons (Fsp3) is 0.429. The van der Waals surface area contributed by atoms with E-state index in [1.54, 1.807) is 0 Å². The Labute approximate surface area is 206 Å². The smallest absolute Gasteiger partial charge is 0.425 e. The van der Waals surface area contributed by atoms with Gasteiger partial charge in [-0.05, 0) is 25.1 Å². The Morgan fingerprint density at radius 3 is 2.28 bits per heavy atom. The maximum atomic E-state index is 13.3. The second kappa shape index (κ2) is 9.61. The lowest BCUT2D eigenvalue weighted by Gasteiger charge is -2.39. The molecule has 1 fully saturated rings. The van der Waals surface area contributed by atoms with Gasteiger partial charge >= 0.3 is 12.4 Å². The standard InChI is InChI=1S/C21H19ClF6N2O5S/c1-10(20(23,24)25)35-14-4-5-15(36(3,32)33)18(34-2)16(14)19(31)30-8-11(9-30)17-13(22)6-12(7-29-17)21(26,27)28/h4-7,10-11H,8-9H2,1-3H3/t10-/m0/s1. The van der Waals surface area contributed by atoms with E-state index < -0.39 is 67.6 Å². The van der Waals surface area contributed by atoms with E-state index in [4.69, 9.17) is 21.1 Å². The molecule has 198 valence electrons. The molecule has 1 aliphatic rings. The molecule has 1 aromatic heterocycles. The monoisotopic (exact) mass is 560 g/mol. The van der Waals surface area contributed by atoms with Crippen molar-refractivity contribution in [1.29, 1.82) is 0 Å². The lowest BCUT2D eigenvalue weighted by molar-refractivity contribution is -0.189. The Balaban J connectivity index is 1.94. The SMILES string of the molecule is COc1c(S(C)(=O)=O)ccc(O[C@@H](C)C(F)(F)F)c1C(=O)N1CC(c2ncc(C(F)(F)F)cc2Cl)C1. The Morgan fingerprint density at radius 1 is 1.19 bits per heavy atom. The van der Waals surface area contributed by atoms with E-state index >= 15 is 0 Å². The van der Waals surface area contributed by atoms with Gasteiger partial charge in [0.2, 0.25) is 0 Å². The van der Waals surface area contributed by atoms with Crippen LogP contribution in [0.4, 0.5) is 26.3 Å². The number of rotatable bonds is 6. The highest BCUT2D eigenvalue weighted by Crippen LogP contribution is 2.41. The van der Waals surface area contributed by atoms with Gasteiger partial charge in [-0.1, -0.05) is 11.6 Å². The van der Waals surface area contributed by atoms with Crippen LogP contribution >= 0.6 is 11.6 Å². The van der Waals surface area contributed by atoms with Crippen LogP contribution in [-0.4, -0.2) is 62.9 Å². The highest BCUT2D eigenvalue weighted by Gasteiger charge is 2.42. The minimum absolute atomic E-state index is 0.0998. The molecule has 36 heavy (non-hydrogen) atoms. The fourth-order valence-electron chi connectivity index (χ4n) is 3.48. The highest BCUT2D eigenvalue weighted by molar-refractivity contribution is 7.90. The van der Waals surface area contributed by atoms with Gasteiger partial charge < -0.3 is 14.4 Å². The quantitative estimate of drug-likeness (QED) is 0.475. The first-order valence-electron chi connectivity index (χ1n) is 10.1. The summed E-state index contributed by atoms with van der Waals surface area (Å²) in [6.07, 6.45) is -10.3. The van der Waals surface area contributed by atoms with Gasteiger partial charge in [0.1, 0.15) is 16.2 Å². The Bertz CT molecular complexity index is 1280. The number of pyridine rings is 1. The number of hydrogen-bond donors (Lipinski definition) is 0. The molecule has 0 spiro atoms. The maximum absolute atomic E-state index is 13.3. The number of hydrogen-bond acceptors (Lipinski definition) is 6. The van der Waals surface area contributed by atoms with Crippen molar-refractivity contribution in [2.24, 2.45) is 0 Å². The maximum Gasteiger partial charge on any atom is 0.425 e. The molecule has 0 N–H and O–H groups in total. The number of aromatic nitrogens is 1. The van der Waals surface area contributed by atoms with E-state index in [9.17, 15) is 39.6 Å². The number of ether oxygens (including phenoxy) is 2. The van der Waals surface area contributed by atoms with Crippen LogP contribution in [-0.2, 0) is 16.0 Å². The van der Waals surface area contributed by atoms with Gasteiger partial charge in [0.25, 0.3) is 5.91 Å². The van der Waals surface area contributed by atoms with Crippen LogP contribution in [0.3, 0.4) is 0 Å². The number of nitrogens with zero attached hydrogens (tertiary/aromatic N) is 2. The molecule has 15 heteroatoms. The Morgan fingerprint density at radius 2 is 1.81 bits per heavy atom. The fourth-order valence-corrected chi connectivity index (χ4v) is 4.64. The number of amides is 1. The molecule has 1 atom stereocenters. The minimum atomic E-state index is -4.78. The van der Waals surface area contributed by atoms with Crippen LogP contribution < -0.4 is 9.47 Å². The third-order valence-electron chi connectivity index (χ3n) is 5.42. The number of carbonyl (C=O) groups excluding carboxylic acids is 1. The van der Waals surface area contributed by atoms with E-state index in [1.807, 2.05) is 0 Å². The molecular weight excluding hydrogens is 542 g/mol. The van der Waals surface area contributed by atoms with Gasteiger partial charge in [0, 0.05) is 31.5 Å². The summed E-state index contributed by atoms with van der Waals surface area (Å²) >= 11 is 5.95. The number of methoxy groups -OCH3 is 1. The van der Waals surface area contributed by atoms with Gasteiger partial charge in [-0.2, -0.15) is 26.3 Å². The van der Waals surface area contributed by atoms with Gasteiger partial charge in [-0.15, -0.1) is 0 Å². The summed E-state index contributed by atoms with van der Waals surface area (Å²) in [5, 5.41) is -0.262. The molecule has 1 aromatic carbocycles. The molecule has 1 saturated heterocycles. The van der Waals surface area contributed by atoms with Crippen molar-refractivity contribution in [3.8, 4) is 11.5 Å². The van der Waals surface area contributed by atoms with E-state index in [-0.39, 0.29) is 23.8 Å². The van der Waals surface area contributed by atoms with Crippen molar-refractivity contribution in [3.63, 3.8) is 0 Å². The normalized spacial score (nSPS) is 15.9. The summed E-state index contributed by atoms with van der Waals surface area (Å²) in [4.78, 5) is 17.7. The molecule has 1 aliphatic heterocycles. The number of likely N-dealkylation sites (tertiary alicyclic amines) is 1. The van der Waals surface area contributed by atoms with Crippen molar-refractivity contribution >= 4 is 27.3 Å². The zero-order chi connectivity index (χ0) is 27.2. The van der Waals surface area contributed by atoms with Crippen molar-refractivity contribution in [2.75, 3.05) is 26.5 Å². The molecule has 2 heterocycles. The topological polar surface area (TPSA) is 85.8 Å². The molecule has 0 radical (unpaired) electrons. The molecule has 0 saturated carbocycles. The average Bonchev–Trinajstić information content (AvgIpc) is 2.70. The zero-order valence-corrected chi connectivity index (χ0v) is 20.4.